The van der Waals surface area contributed by atoms with Gasteiger partial charge in [0.15, 0.2) is 5.75 Å². The number of amides is 1. The maximum atomic E-state index is 12.3. The third-order valence-electron chi connectivity index (χ3n) is 3.15. The molecular formula is C17H20N2O2. The largest absolute Gasteiger partial charge is 0.491 e. The third kappa shape index (κ3) is 3.75. The first kappa shape index (κ1) is 14.9. The van der Waals surface area contributed by atoms with Crippen molar-refractivity contribution >= 4 is 11.6 Å². The van der Waals surface area contributed by atoms with Crippen molar-refractivity contribution in [3.8, 4) is 5.75 Å². The Bertz CT molecular complexity index is 621. The van der Waals surface area contributed by atoms with Crippen molar-refractivity contribution in [3.05, 3.63) is 59.2 Å². The molecule has 0 spiro atoms. The summed E-state index contributed by atoms with van der Waals surface area (Å²) in [4.78, 5) is 12.3. The van der Waals surface area contributed by atoms with Crippen molar-refractivity contribution in [3.63, 3.8) is 0 Å². The summed E-state index contributed by atoms with van der Waals surface area (Å²) in [5.41, 5.74) is 9.04. The number of hydrogen-bond acceptors (Lipinski definition) is 3. The van der Waals surface area contributed by atoms with E-state index in [4.69, 9.17) is 10.5 Å². The third-order valence-corrected chi connectivity index (χ3v) is 3.15. The van der Waals surface area contributed by atoms with Gasteiger partial charge in [0, 0.05) is 6.54 Å². The van der Waals surface area contributed by atoms with E-state index < -0.39 is 0 Å². The molecule has 0 aliphatic rings. The van der Waals surface area contributed by atoms with Gasteiger partial charge in [-0.2, -0.15) is 0 Å². The smallest absolute Gasteiger partial charge is 0.255 e. The fraction of sp³-hybridized carbons (Fsp3) is 0.235. The van der Waals surface area contributed by atoms with E-state index in [1.54, 1.807) is 18.2 Å². The number of aryl methyl sites for hydroxylation is 1. The first-order valence-electron chi connectivity index (χ1n) is 6.97. The van der Waals surface area contributed by atoms with Gasteiger partial charge in [-0.25, -0.2) is 0 Å². The molecule has 2 aromatic rings. The molecule has 0 bridgehead atoms. The number of nitrogens with two attached hydrogens (primary N) is 1. The maximum absolute atomic E-state index is 12.3. The number of carbonyl (C=O) groups excluding carboxylic acids is 1. The predicted octanol–water partition coefficient (Wildman–Crippen LogP) is 2.91. The van der Waals surface area contributed by atoms with Crippen molar-refractivity contribution in [2.75, 3.05) is 12.3 Å². The Hall–Kier alpha value is -2.49. The highest BCUT2D eigenvalue weighted by atomic mass is 16.5. The standard InChI is InChI=1S/C17H20N2O2/c1-3-21-16-14(5-4-6-15(16)18)17(20)19-11-13-9-7-12(2)8-10-13/h4-10H,3,11,18H2,1-2H3,(H,19,20). The average Bonchev–Trinajstić information content (AvgIpc) is 2.48. The van der Waals surface area contributed by atoms with Crippen LogP contribution in [0.1, 0.15) is 28.4 Å². The van der Waals surface area contributed by atoms with Crippen LogP contribution in [-0.2, 0) is 6.54 Å². The Morgan fingerprint density at radius 1 is 1.19 bits per heavy atom. The van der Waals surface area contributed by atoms with E-state index in [-0.39, 0.29) is 5.91 Å². The minimum Gasteiger partial charge on any atom is -0.491 e. The van der Waals surface area contributed by atoms with Crippen molar-refractivity contribution < 1.29 is 9.53 Å². The first-order valence-corrected chi connectivity index (χ1v) is 6.97. The number of hydrogen-bond donors (Lipinski definition) is 2. The molecular weight excluding hydrogens is 264 g/mol. The molecule has 0 fully saturated rings. The van der Waals surface area contributed by atoms with Crippen molar-refractivity contribution in [2.24, 2.45) is 0 Å². The van der Waals surface area contributed by atoms with E-state index >= 15 is 0 Å². The lowest BCUT2D eigenvalue weighted by molar-refractivity contribution is 0.0947. The van der Waals surface area contributed by atoms with Crippen LogP contribution in [0, 0.1) is 6.92 Å². The summed E-state index contributed by atoms with van der Waals surface area (Å²) in [6.07, 6.45) is 0. The van der Waals surface area contributed by atoms with Crippen molar-refractivity contribution in [2.45, 2.75) is 20.4 Å². The second kappa shape index (κ2) is 6.79. The van der Waals surface area contributed by atoms with Crippen LogP contribution in [0.2, 0.25) is 0 Å². The summed E-state index contributed by atoms with van der Waals surface area (Å²) in [6.45, 7) is 4.83. The van der Waals surface area contributed by atoms with Crippen LogP contribution in [0.4, 0.5) is 5.69 Å². The normalized spacial score (nSPS) is 10.2. The van der Waals surface area contributed by atoms with Gasteiger partial charge in [0.2, 0.25) is 0 Å². The van der Waals surface area contributed by atoms with Crippen LogP contribution in [0.5, 0.6) is 5.75 Å². The molecule has 2 rings (SSSR count). The summed E-state index contributed by atoms with van der Waals surface area (Å²) >= 11 is 0. The molecule has 0 heterocycles. The highest BCUT2D eigenvalue weighted by Crippen LogP contribution is 2.26. The number of rotatable bonds is 5. The van der Waals surface area contributed by atoms with Crippen LogP contribution in [0.25, 0.3) is 0 Å². The molecule has 3 N–H and O–H groups in total. The van der Waals surface area contributed by atoms with Gasteiger partial charge in [0.25, 0.3) is 5.91 Å². The second-order valence-corrected chi connectivity index (χ2v) is 4.83. The lowest BCUT2D eigenvalue weighted by atomic mass is 10.1. The topological polar surface area (TPSA) is 64.3 Å². The molecule has 0 saturated heterocycles. The molecule has 110 valence electrons. The maximum Gasteiger partial charge on any atom is 0.255 e. The number of nitrogen functional groups attached to an aromatic ring is 1. The first-order chi connectivity index (χ1) is 10.1. The van der Waals surface area contributed by atoms with E-state index in [1.807, 2.05) is 38.1 Å². The summed E-state index contributed by atoms with van der Waals surface area (Å²) in [5.74, 6) is 0.257. The molecule has 0 atom stereocenters. The van der Waals surface area contributed by atoms with Crippen LogP contribution < -0.4 is 15.8 Å². The van der Waals surface area contributed by atoms with Gasteiger partial charge in [-0.3, -0.25) is 4.79 Å². The number of benzene rings is 2. The lowest BCUT2D eigenvalue weighted by Gasteiger charge is -2.12. The zero-order valence-corrected chi connectivity index (χ0v) is 12.3. The van der Waals surface area contributed by atoms with Gasteiger partial charge in [0.1, 0.15) is 0 Å². The highest BCUT2D eigenvalue weighted by Gasteiger charge is 2.14. The molecule has 0 aliphatic heterocycles. The number of anilines is 1. The van der Waals surface area contributed by atoms with E-state index in [9.17, 15) is 4.79 Å². The molecule has 0 radical (unpaired) electrons. The highest BCUT2D eigenvalue weighted by molar-refractivity contribution is 5.98. The van der Waals surface area contributed by atoms with E-state index in [1.165, 1.54) is 5.56 Å². The fourth-order valence-electron chi connectivity index (χ4n) is 2.02. The zero-order valence-electron chi connectivity index (χ0n) is 12.3. The van der Waals surface area contributed by atoms with Crippen molar-refractivity contribution in [1.29, 1.82) is 0 Å². The molecule has 0 saturated carbocycles. The Labute approximate surface area is 124 Å². The number of nitrogens with one attached hydrogen (secondary N) is 1. The van der Waals surface area contributed by atoms with Gasteiger partial charge < -0.3 is 15.8 Å². The number of carbonyl (C=O) groups is 1. The molecule has 0 aromatic heterocycles. The average molecular weight is 284 g/mol. The predicted molar refractivity (Wildman–Crippen MR) is 84.4 cm³/mol. The summed E-state index contributed by atoms with van der Waals surface area (Å²) < 4.78 is 5.47. The molecule has 1 amide bonds. The SMILES string of the molecule is CCOc1c(N)cccc1C(=O)NCc1ccc(C)cc1. The Morgan fingerprint density at radius 2 is 1.90 bits per heavy atom. The van der Waals surface area contributed by atoms with Gasteiger partial charge in [-0.15, -0.1) is 0 Å². The summed E-state index contributed by atoms with van der Waals surface area (Å²) in [7, 11) is 0. The number of para-hydroxylation sites is 1. The Balaban J connectivity index is 2.10. The zero-order chi connectivity index (χ0) is 15.2. The van der Waals surface area contributed by atoms with Crippen LogP contribution in [0.15, 0.2) is 42.5 Å². The van der Waals surface area contributed by atoms with Crippen LogP contribution in [-0.4, -0.2) is 12.5 Å². The fourth-order valence-corrected chi connectivity index (χ4v) is 2.02. The van der Waals surface area contributed by atoms with E-state index in [0.29, 0.717) is 30.2 Å². The minimum atomic E-state index is -0.189. The van der Waals surface area contributed by atoms with Gasteiger partial charge >= 0.3 is 0 Å². The molecule has 4 nitrogen and oxygen atoms in total. The van der Waals surface area contributed by atoms with Crippen LogP contribution in [0.3, 0.4) is 0 Å². The quantitative estimate of drug-likeness (QED) is 0.830. The molecule has 2 aromatic carbocycles. The molecule has 21 heavy (non-hydrogen) atoms. The van der Waals surface area contributed by atoms with Gasteiger partial charge in [-0.1, -0.05) is 35.9 Å². The molecule has 0 aliphatic carbocycles. The van der Waals surface area contributed by atoms with Gasteiger partial charge in [0.05, 0.1) is 17.9 Å². The minimum absolute atomic E-state index is 0.189. The van der Waals surface area contributed by atoms with Gasteiger partial charge in [-0.05, 0) is 31.5 Å². The van der Waals surface area contributed by atoms with Crippen LogP contribution >= 0.6 is 0 Å². The summed E-state index contributed by atoms with van der Waals surface area (Å²) in [6, 6.07) is 13.2. The summed E-state index contributed by atoms with van der Waals surface area (Å²) in [5, 5.41) is 2.89. The van der Waals surface area contributed by atoms with E-state index in [2.05, 4.69) is 5.32 Å². The molecule has 4 heteroatoms. The monoisotopic (exact) mass is 284 g/mol. The Morgan fingerprint density at radius 3 is 2.57 bits per heavy atom. The molecule has 0 unspecified atom stereocenters. The Kier molecular flexibility index (Phi) is 4.82. The second-order valence-electron chi connectivity index (χ2n) is 4.83. The number of ether oxygens (including phenoxy) is 1. The lowest BCUT2D eigenvalue weighted by Crippen LogP contribution is -2.23. The van der Waals surface area contributed by atoms with E-state index in [0.717, 1.165) is 5.56 Å². The van der Waals surface area contributed by atoms with Crippen molar-refractivity contribution in [1.82, 2.24) is 5.32 Å².